The standard InChI is InChI=1S/C25H31N3O5/c1-3-4-15-33-22-11-5-18(6-12-22)25(31)28(20-9-10-20)17-24(30)26-16-23(29)27-19-7-13-21(32-2)14-8-19/h5-8,11-14,20H,3-4,9-10,15-17H2,1-2H3,(H,26,30)(H,27,29). The molecular weight excluding hydrogens is 422 g/mol. The molecule has 0 radical (unpaired) electrons. The highest BCUT2D eigenvalue weighted by Crippen LogP contribution is 2.28. The fourth-order valence-corrected chi connectivity index (χ4v) is 3.22. The first-order chi connectivity index (χ1) is 16.0. The minimum absolute atomic E-state index is 0.0526. The molecule has 3 amide bonds. The Bertz CT molecular complexity index is 940. The van der Waals surface area contributed by atoms with Crippen LogP contribution >= 0.6 is 0 Å². The second-order valence-corrected chi connectivity index (χ2v) is 7.94. The average Bonchev–Trinajstić information content (AvgIpc) is 3.67. The third-order valence-corrected chi connectivity index (χ3v) is 5.25. The van der Waals surface area contributed by atoms with Crippen molar-refractivity contribution in [2.75, 3.05) is 32.1 Å². The Morgan fingerprint density at radius 2 is 1.64 bits per heavy atom. The number of rotatable bonds is 12. The summed E-state index contributed by atoms with van der Waals surface area (Å²) in [6.45, 7) is 2.47. The molecule has 1 aliphatic rings. The van der Waals surface area contributed by atoms with Gasteiger partial charge in [-0.15, -0.1) is 0 Å². The number of hydrogen-bond donors (Lipinski definition) is 2. The zero-order valence-electron chi connectivity index (χ0n) is 19.1. The summed E-state index contributed by atoms with van der Waals surface area (Å²) in [7, 11) is 1.57. The molecule has 0 bridgehead atoms. The van der Waals surface area contributed by atoms with Gasteiger partial charge < -0.3 is 25.0 Å². The molecule has 0 spiro atoms. The fourth-order valence-electron chi connectivity index (χ4n) is 3.22. The van der Waals surface area contributed by atoms with Crippen LogP contribution in [0.25, 0.3) is 0 Å². The van der Waals surface area contributed by atoms with Crippen molar-refractivity contribution in [1.29, 1.82) is 0 Å². The first kappa shape index (κ1) is 24.1. The predicted molar refractivity (Wildman–Crippen MR) is 126 cm³/mol. The van der Waals surface area contributed by atoms with Crippen molar-refractivity contribution in [1.82, 2.24) is 10.2 Å². The summed E-state index contributed by atoms with van der Waals surface area (Å²) in [5.41, 5.74) is 1.11. The van der Waals surface area contributed by atoms with Crippen molar-refractivity contribution in [2.24, 2.45) is 0 Å². The number of ether oxygens (including phenoxy) is 2. The van der Waals surface area contributed by atoms with Gasteiger partial charge in [0.15, 0.2) is 0 Å². The van der Waals surface area contributed by atoms with Crippen LogP contribution in [0.3, 0.4) is 0 Å². The van der Waals surface area contributed by atoms with Gasteiger partial charge in [-0.05, 0) is 67.8 Å². The molecule has 1 fully saturated rings. The maximum absolute atomic E-state index is 13.0. The lowest BCUT2D eigenvalue weighted by atomic mass is 10.2. The van der Waals surface area contributed by atoms with Crippen LogP contribution in [0.5, 0.6) is 11.5 Å². The van der Waals surface area contributed by atoms with Crippen LogP contribution in [0.1, 0.15) is 43.0 Å². The Labute approximate surface area is 194 Å². The van der Waals surface area contributed by atoms with Crippen LogP contribution in [0.2, 0.25) is 0 Å². The molecule has 176 valence electrons. The summed E-state index contributed by atoms with van der Waals surface area (Å²) in [5, 5.41) is 5.30. The van der Waals surface area contributed by atoms with E-state index in [0.29, 0.717) is 23.6 Å². The van der Waals surface area contributed by atoms with Crippen molar-refractivity contribution in [2.45, 2.75) is 38.6 Å². The molecular formula is C25H31N3O5. The second kappa shape index (κ2) is 11.9. The first-order valence-corrected chi connectivity index (χ1v) is 11.2. The van der Waals surface area contributed by atoms with E-state index < -0.39 is 0 Å². The summed E-state index contributed by atoms with van der Waals surface area (Å²) in [6.07, 6.45) is 3.77. The summed E-state index contributed by atoms with van der Waals surface area (Å²) < 4.78 is 10.7. The van der Waals surface area contributed by atoms with Crippen molar-refractivity contribution < 1.29 is 23.9 Å². The minimum atomic E-state index is -0.375. The van der Waals surface area contributed by atoms with Crippen LogP contribution in [0.4, 0.5) is 5.69 Å². The second-order valence-electron chi connectivity index (χ2n) is 7.94. The van der Waals surface area contributed by atoms with E-state index in [4.69, 9.17) is 9.47 Å². The first-order valence-electron chi connectivity index (χ1n) is 11.2. The molecule has 33 heavy (non-hydrogen) atoms. The van der Waals surface area contributed by atoms with Gasteiger partial charge in [0.05, 0.1) is 20.3 Å². The minimum Gasteiger partial charge on any atom is -0.497 e. The fraction of sp³-hybridized carbons (Fsp3) is 0.400. The number of hydrogen-bond acceptors (Lipinski definition) is 5. The van der Waals surface area contributed by atoms with Crippen molar-refractivity contribution >= 4 is 23.4 Å². The molecule has 1 saturated carbocycles. The topological polar surface area (TPSA) is 97.0 Å². The van der Waals surface area contributed by atoms with Crippen LogP contribution in [0, 0.1) is 0 Å². The summed E-state index contributed by atoms with van der Waals surface area (Å²) in [6, 6.07) is 13.9. The highest BCUT2D eigenvalue weighted by molar-refractivity contribution is 5.98. The SMILES string of the molecule is CCCCOc1ccc(C(=O)N(CC(=O)NCC(=O)Nc2ccc(OC)cc2)C2CC2)cc1. The Morgan fingerprint density at radius 1 is 0.970 bits per heavy atom. The van der Waals surface area contributed by atoms with E-state index in [9.17, 15) is 14.4 Å². The smallest absolute Gasteiger partial charge is 0.254 e. The van der Waals surface area contributed by atoms with Gasteiger partial charge in [0.25, 0.3) is 5.91 Å². The number of carbonyl (C=O) groups is 3. The third-order valence-electron chi connectivity index (χ3n) is 5.25. The lowest BCUT2D eigenvalue weighted by Crippen LogP contribution is -2.43. The summed E-state index contributed by atoms with van der Waals surface area (Å²) in [4.78, 5) is 39.1. The summed E-state index contributed by atoms with van der Waals surface area (Å²) >= 11 is 0. The molecule has 0 heterocycles. The van der Waals surface area contributed by atoms with E-state index in [1.54, 1.807) is 60.5 Å². The number of amides is 3. The van der Waals surface area contributed by atoms with E-state index >= 15 is 0 Å². The predicted octanol–water partition coefficient (Wildman–Crippen LogP) is 3.23. The zero-order chi connectivity index (χ0) is 23.6. The van der Waals surface area contributed by atoms with E-state index in [1.807, 2.05) is 0 Å². The van der Waals surface area contributed by atoms with E-state index in [0.717, 1.165) is 31.4 Å². The van der Waals surface area contributed by atoms with Crippen molar-refractivity contribution in [3.8, 4) is 11.5 Å². The molecule has 2 N–H and O–H groups in total. The summed E-state index contributed by atoms with van der Waals surface area (Å²) in [5.74, 6) is 0.481. The van der Waals surface area contributed by atoms with Gasteiger partial charge in [-0.25, -0.2) is 0 Å². The molecule has 3 rings (SSSR count). The number of anilines is 1. The van der Waals surface area contributed by atoms with Gasteiger partial charge in [0.2, 0.25) is 11.8 Å². The number of carbonyl (C=O) groups excluding carboxylic acids is 3. The highest BCUT2D eigenvalue weighted by atomic mass is 16.5. The quantitative estimate of drug-likeness (QED) is 0.481. The van der Waals surface area contributed by atoms with Gasteiger partial charge in [-0.1, -0.05) is 13.3 Å². The van der Waals surface area contributed by atoms with Gasteiger partial charge >= 0.3 is 0 Å². The van der Waals surface area contributed by atoms with Crippen LogP contribution < -0.4 is 20.1 Å². The highest BCUT2D eigenvalue weighted by Gasteiger charge is 2.34. The molecule has 8 heteroatoms. The van der Waals surface area contributed by atoms with Gasteiger partial charge in [-0.3, -0.25) is 14.4 Å². The average molecular weight is 454 g/mol. The molecule has 2 aromatic rings. The monoisotopic (exact) mass is 453 g/mol. The lowest BCUT2D eigenvalue weighted by Gasteiger charge is -2.22. The van der Waals surface area contributed by atoms with Gasteiger partial charge in [0, 0.05) is 17.3 Å². The Balaban J connectivity index is 1.49. The van der Waals surface area contributed by atoms with E-state index in [1.165, 1.54) is 0 Å². The molecule has 8 nitrogen and oxygen atoms in total. The molecule has 2 aromatic carbocycles. The zero-order valence-corrected chi connectivity index (χ0v) is 19.1. The number of benzene rings is 2. The molecule has 0 saturated heterocycles. The van der Waals surface area contributed by atoms with Crippen molar-refractivity contribution in [3.63, 3.8) is 0 Å². The lowest BCUT2D eigenvalue weighted by molar-refractivity contribution is -0.124. The van der Waals surface area contributed by atoms with E-state index in [2.05, 4.69) is 17.6 Å². The number of nitrogens with one attached hydrogen (secondary N) is 2. The Kier molecular flexibility index (Phi) is 8.69. The maximum Gasteiger partial charge on any atom is 0.254 e. The molecule has 0 aliphatic heterocycles. The molecule has 0 unspecified atom stereocenters. The van der Waals surface area contributed by atoms with Crippen LogP contribution in [-0.2, 0) is 9.59 Å². The normalized spacial score (nSPS) is 12.5. The van der Waals surface area contributed by atoms with Crippen LogP contribution in [-0.4, -0.2) is 55.5 Å². The van der Waals surface area contributed by atoms with Gasteiger partial charge in [-0.2, -0.15) is 0 Å². The molecule has 0 aromatic heterocycles. The molecule has 1 aliphatic carbocycles. The number of methoxy groups -OCH3 is 1. The van der Waals surface area contributed by atoms with Gasteiger partial charge in [0.1, 0.15) is 18.0 Å². The van der Waals surface area contributed by atoms with Crippen LogP contribution in [0.15, 0.2) is 48.5 Å². The number of nitrogens with zero attached hydrogens (tertiary/aromatic N) is 1. The Hall–Kier alpha value is -3.55. The largest absolute Gasteiger partial charge is 0.497 e. The third kappa shape index (κ3) is 7.52. The van der Waals surface area contributed by atoms with Crippen molar-refractivity contribution in [3.05, 3.63) is 54.1 Å². The Morgan fingerprint density at radius 3 is 2.24 bits per heavy atom. The molecule has 0 atom stereocenters. The van der Waals surface area contributed by atoms with E-state index in [-0.39, 0.29) is 36.9 Å². The number of unbranched alkanes of at least 4 members (excludes halogenated alkanes) is 1. The maximum atomic E-state index is 13.0.